The van der Waals surface area contributed by atoms with Crippen LogP contribution in [-0.4, -0.2) is 437 Å². The highest BCUT2D eigenvalue weighted by Gasteiger charge is 2.59. The summed E-state index contributed by atoms with van der Waals surface area (Å²) in [7, 11) is 0. The first-order chi connectivity index (χ1) is 42.2. The lowest BCUT2D eigenvalue weighted by Crippen LogP contribution is -2.68. The summed E-state index contributed by atoms with van der Waals surface area (Å²) in [4.78, 5) is 0. The van der Waals surface area contributed by atoms with Crippen LogP contribution in [0.25, 0.3) is 0 Å². The van der Waals surface area contributed by atoms with Crippen LogP contribution in [0.4, 0.5) is 0 Å². The van der Waals surface area contributed by atoms with Crippen LogP contribution in [0.3, 0.4) is 0 Å². The van der Waals surface area contributed by atoms with Gasteiger partial charge in [-0.25, -0.2) is 0 Å². The van der Waals surface area contributed by atoms with Gasteiger partial charge in [0.1, 0.15) is 195 Å². The maximum atomic E-state index is 11.4. The van der Waals surface area contributed by atoms with Crippen LogP contribution in [0.15, 0.2) is 0 Å². The maximum Gasteiger partial charge on any atom is 0.187 e. The van der Waals surface area contributed by atoms with E-state index in [1.165, 1.54) is 0 Å². The van der Waals surface area contributed by atoms with Crippen molar-refractivity contribution in [3.05, 3.63) is 0 Å². The molecular weight excluding hydrogens is 1230 g/mol. The summed E-state index contributed by atoms with van der Waals surface area (Å²) in [6, 6.07) is 0. The van der Waals surface area contributed by atoms with Gasteiger partial charge in [-0.1, -0.05) is 0 Å². The van der Waals surface area contributed by atoms with Gasteiger partial charge in [0.15, 0.2) is 44.0 Å². The number of hydrogen-bond donors (Lipinski definition) is 27. The lowest BCUT2D eigenvalue weighted by molar-refractivity contribution is -0.398. The normalized spacial score (nSPS) is 49.9. The first kappa shape index (κ1) is 74.8. The molecule has 0 aromatic heterocycles. The van der Waals surface area contributed by atoms with Gasteiger partial charge < -0.3 is 204 Å². The van der Waals surface area contributed by atoms with E-state index in [4.69, 9.17) is 66.3 Å². The minimum atomic E-state index is -2.27. The van der Waals surface area contributed by atoms with E-state index in [0.29, 0.717) is 0 Å². The monoisotopic (exact) mass is 1320 g/mol. The van der Waals surface area contributed by atoms with E-state index in [2.05, 4.69) is 0 Å². The van der Waals surface area contributed by atoms with Gasteiger partial charge in [-0.2, -0.15) is 0 Å². The molecule has 0 saturated carbocycles. The van der Waals surface area contributed by atoms with Gasteiger partial charge in [0.25, 0.3) is 0 Å². The summed E-state index contributed by atoms with van der Waals surface area (Å²) in [5, 5.41) is 286. The molecule has 7 aliphatic rings. The summed E-state index contributed by atoms with van der Waals surface area (Å²) in [6.45, 7) is -9.40. The Morgan fingerprint density at radius 1 is 0.236 bits per heavy atom. The Balaban J connectivity index is 0.939. The van der Waals surface area contributed by atoms with Crippen LogP contribution in [0, 0.1) is 0 Å². The molecule has 0 spiro atoms. The van der Waals surface area contributed by atoms with Crippen molar-refractivity contribution in [3.63, 3.8) is 0 Å². The number of aliphatic hydroxyl groups excluding tert-OH is 27. The quantitative estimate of drug-likeness (QED) is 0.0382. The van der Waals surface area contributed by atoms with Crippen LogP contribution in [0.2, 0.25) is 0 Å². The Kier molecular flexibility index (Phi) is 27.6. The molecule has 27 N–H and O–H groups in total. The van der Waals surface area contributed by atoms with Crippen molar-refractivity contribution in [2.24, 2.45) is 0 Å². The molecule has 89 heavy (non-hydrogen) atoms. The Labute approximate surface area is 502 Å². The predicted molar refractivity (Wildman–Crippen MR) is 267 cm³/mol. The highest BCUT2D eigenvalue weighted by molar-refractivity contribution is 5.01. The fraction of sp³-hybridized carbons (Fsp3) is 1.00. The van der Waals surface area contributed by atoms with Crippen molar-refractivity contribution in [2.75, 3.05) is 59.5 Å². The van der Waals surface area contributed by atoms with E-state index < -0.39 is 299 Å². The average molecular weight is 1320 g/mol. The molecule has 0 unspecified atom stereocenters. The molecule has 0 aliphatic carbocycles. The Morgan fingerprint density at radius 2 is 0.438 bits per heavy atom. The summed E-state index contributed by atoms with van der Waals surface area (Å²) < 4.78 is 78.1. The molecule has 0 radical (unpaired) electrons. The number of rotatable bonds is 26. The van der Waals surface area contributed by atoms with E-state index in [-0.39, 0.29) is 0 Å². The first-order valence-electron chi connectivity index (χ1n) is 28.1. The van der Waals surface area contributed by atoms with E-state index in [1.54, 1.807) is 0 Å². The van der Waals surface area contributed by atoms with Gasteiger partial charge in [0, 0.05) is 0 Å². The number of ether oxygens (including phenoxy) is 14. The second kappa shape index (κ2) is 32.9. The summed E-state index contributed by atoms with van der Waals surface area (Å²) in [5.74, 6) is 0. The summed E-state index contributed by atoms with van der Waals surface area (Å²) in [5.41, 5.74) is 0. The third-order valence-corrected chi connectivity index (χ3v) is 16.3. The molecule has 7 aliphatic heterocycles. The number of aliphatic hydroxyl groups is 27. The maximum absolute atomic E-state index is 11.4. The third-order valence-electron chi connectivity index (χ3n) is 16.3. The molecule has 41 heteroatoms. The molecule has 0 amide bonds. The highest BCUT2D eigenvalue weighted by atomic mass is 16.8. The van der Waals surface area contributed by atoms with Crippen LogP contribution in [-0.2, 0) is 66.3 Å². The molecule has 39 atom stereocenters. The van der Waals surface area contributed by atoms with Crippen LogP contribution >= 0.6 is 0 Å². The Bertz CT molecular complexity index is 2070. The SMILES string of the molecule is OC[C@@H](O)[C@@H](O[C@@H]1O[C@H](CO)[C@@H](O[C@@H]2O[C@H](CO)[C@@H](O[C@@H]3O[C@H](CO)[C@@H](O[C@@H]4O[C@H](CO)[C@@H](O[C@@H]5O[C@H](CO)[C@@H](O[C@@H]6O[C@H](CO)[C@@H](O[C@@H]7O[C@H](CO)[C@@H](O)[C@H](O)[C@@H]7O)[C@H](O)[C@@H]6O)[C@H](O)[C@@H]5O)[C@H](O)[C@@H]4O)[C@H](O)[C@@H]3O)[C@H](O)[C@@H]2O)[C@H](O)[C@@H]1O)[C@@H](O)[C@@H](O)CO. The fourth-order valence-electron chi connectivity index (χ4n) is 11.1. The number of hydrogen-bond acceptors (Lipinski definition) is 41. The first-order valence-corrected chi connectivity index (χ1v) is 28.1. The summed E-state index contributed by atoms with van der Waals surface area (Å²) in [6.07, 6.45) is -77.9. The van der Waals surface area contributed by atoms with Gasteiger partial charge in [0.05, 0.1) is 59.5 Å². The molecule has 7 rings (SSSR count). The zero-order valence-corrected chi connectivity index (χ0v) is 46.7. The largest absolute Gasteiger partial charge is 0.394 e. The predicted octanol–water partition coefficient (Wildman–Crippen LogP) is -18.8. The molecule has 522 valence electrons. The lowest BCUT2D eigenvalue weighted by Gasteiger charge is -2.50. The van der Waals surface area contributed by atoms with Crippen LogP contribution < -0.4 is 0 Å². The third kappa shape index (κ3) is 15.9. The van der Waals surface area contributed by atoms with Crippen LogP contribution in [0.1, 0.15) is 0 Å². The zero-order valence-electron chi connectivity index (χ0n) is 46.7. The van der Waals surface area contributed by atoms with Gasteiger partial charge in [-0.15, -0.1) is 0 Å². The Morgan fingerprint density at radius 3 is 0.663 bits per heavy atom. The van der Waals surface area contributed by atoms with Crippen molar-refractivity contribution in [1.29, 1.82) is 0 Å². The zero-order chi connectivity index (χ0) is 65.8. The average Bonchev–Trinajstić information content (AvgIpc) is 2.23. The molecule has 41 nitrogen and oxygen atoms in total. The Hall–Kier alpha value is -1.64. The van der Waals surface area contributed by atoms with Gasteiger partial charge >= 0.3 is 0 Å². The molecule has 0 aromatic rings. The van der Waals surface area contributed by atoms with Gasteiger partial charge in [-0.3, -0.25) is 0 Å². The lowest BCUT2D eigenvalue weighted by atomic mass is 9.95. The highest BCUT2D eigenvalue weighted by Crippen LogP contribution is 2.38. The standard InChI is InChI=1S/C48H84O41/c49-1-10(58)19(60)35(11(59)2-50)83-43-29(70)22(63)37(13(4-52)77-43)85-45-31(72)24(65)39(15(6-54)79-45)87-47-33(74)26(67)41(17(8-56)81-47)89-48-34(75)27(68)40(18(9-57)82-48)88-46-32(73)25(66)38(16(7-55)80-46)86-44-30(71)23(64)36(14(5-53)78-44)84-42-28(69)21(62)20(61)12(3-51)76-42/h10-75H,1-9H2/t10-,11+,12+,13+,14+,15+,16+,17+,18+,19-,20+,21-,22+,23+,24+,25+,26+,27+,28-,29-,30-,31-,32-,33-,34-,35+,36+,37+,38+,39+,40+,41+,42-,43-,44-,45-,46-,47-,48-/m0/s1. The molecule has 0 bridgehead atoms. The second-order valence-corrected chi connectivity index (χ2v) is 22.1. The van der Waals surface area contributed by atoms with Crippen molar-refractivity contribution >= 4 is 0 Å². The topological polar surface area (TPSA) is 675 Å². The van der Waals surface area contributed by atoms with E-state index >= 15 is 0 Å². The van der Waals surface area contributed by atoms with E-state index in [1.807, 2.05) is 0 Å². The molecule has 0 aromatic carbocycles. The molecule has 7 fully saturated rings. The van der Waals surface area contributed by atoms with Gasteiger partial charge in [-0.05, 0) is 0 Å². The minimum Gasteiger partial charge on any atom is -0.394 e. The molecular formula is C48H84O41. The van der Waals surface area contributed by atoms with Gasteiger partial charge in [0.2, 0.25) is 0 Å². The second-order valence-electron chi connectivity index (χ2n) is 22.1. The van der Waals surface area contributed by atoms with Crippen LogP contribution in [0.5, 0.6) is 0 Å². The molecule has 7 saturated heterocycles. The van der Waals surface area contributed by atoms with Crippen molar-refractivity contribution in [1.82, 2.24) is 0 Å². The van der Waals surface area contributed by atoms with E-state index in [0.717, 1.165) is 0 Å². The van der Waals surface area contributed by atoms with E-state index in [9.17, 15) is 138 Å². The van der Waals surface area contributed by atoms with Crippen molar-refractivity contribution < 1.29 is 204 Å². The molecule has 7 heterocycles. The van der Waals surface area contributed by atoms with Crippen molar-refractivity contribution in [2.45, 2.75) is 239 Å². The van der Waals surface area contributed by atoms with Crippen molar-refractivity contribution in [3.8, 4) is 0 Å². The smallest absolute Gasteiger partial charge is 0.187 e. The summed E-state index contributed by atoms with van der Waals surface area (Å²) >= 11 is 0. The minimum absolute atomic E-state index is 0.856. The fourth-order valence-corrected chi connectivity index (χ4v) is 11.1.